The molecule has 3 aliphatic rings. The largest absolute Gasteiger partial charge is 0.511 e. The fourth-order valence-electron chi connectivity index (χ4n) is 5.98. The van der Waals surface area contributed by atoms with Crippen molar-refractivity contribution in [3.63, 3.8) is 0 Å². The molecular formula is C26H31N3O8S. The molecule has 0 spiro atoms. The van der Waals surface area contributed by atoms with E-state index in [4.69, 9.17) is 9.47 Å². The molecule has 1 saturated carbocycles. The van der Waals surface area contributed by atoms with Crippen molar-refractivity contribution in [3.8, 4) is 0 Å². The number of Topliss-reactive ketones (excluding diaryl/α,β-unsaturated/α-hetero) is 1. The number of amides is 1. The predicted molar refractivity (Wildman–Crippen MR) is 135 cm³/mol. The number of rotatable bonds is 7. The highest BCUT2D eigenvalue weighted by molar-refractivity contribution is 7.18. The second-order valence-corrected chi connectivity index (χ2v) is 11.2. The van der Waals surface area contributed by atoms with Gasteiger partial charge < -0.3 is 24.2 Å². The first-order valence-electron chi connectivity index (χ1n) is 12.8. The molecule has 1 unspecified atom stereocenters. The second-order valence-electron chi connectivity index (χ2n) is 10.2. The van der Waals surface area contributed by atoms with Gasteiger partial charge in [0.25, 0.3) is 6.29 Å². The fourth-order valence-corrected chi connectivity index (χ4v) is 7.24. The van der Waals surface area contributed by atoms with E-state index in [1.54, 1.807) is 17.5 Å². The Morgan fingerprint density at radius 3 is 2.53 bits per heavy atom. The molecule has 204 valence electrons. The number of methoxy groups -OCH3 is 1. The number of hydrogen-bond acceptors (Lipinski definition) is 10. The van der Waals surface area contributed by atoms with Crippen LogP contribution in [0.5, 0.6) is 0 Å². The average molecular weight is 546 g/mol. The van der Waals surface area contributed by atoms with Crippen LogP contribution in [0.2, 0.25) is 0 Å². The summed E-state index contributed by atoms with van der Waals surface area (Å²) in [6.45, 7) is 4.90. The Hall–Kier alpha value is -3.25. The molecule has 1 N–H and O–H groups in total. The van der Waals surface area contributed by atoms with Gasteiger partial charge in [0.15, 0.2) is 5.78 Å². The molecule has 38 heavy (non-hydrogen) atoms. The predicted octanol–water partition coefficient (Wildman–Crippen LogP) is 3.40. The molecule has 0 bridgehead atoms. The van der Waals surface area contributed by atoms with Crippen molar-refractivity contribution in [2.75, 3.05) is 7.11 Å². The average Bonchev–Trinajstić information content (AvgIpc) is 3.53. The highest BCUT2D eigenvalue weighted by Gasteiger charge is 2.60. The third kappa shape index (κ3) is 4.29. The highest BCUT2D eigenvalue weighted by atomic mass is 32.1. The van der Waals surface area contributed by atoms with E-state index in [1.807, 2.05) is 6.92 Å². The van der Waals surface area contributed by atoms with Gasteiger partial charge in [-0.3, -0.25) is 14.0 Å². The molecule has 2 aromatic heterocycles. The maximum Gasteiger partial charge on any atom is 0.511 e. The molecule has 1 amide bonds. The van der Waals surface area contributed by atoms with Crippen LogP contribution in [0, 0.1) is 17.8 Å². The molecule has 0 aromatic carbocycles. The van der Waals surface area contributed by atoms with Crippen molar-refractivity contribution in [1.29, 1.82) is 0 Å². The first-order valence-corrected chi connectivity index (χ1v) is 13.6. The van der Waals surface area contributed by atoms with Gasteiger partial charge in [-0.1, -0.05) is 26.2 Å². The Morgan fingerprint density at radius 2 is 1.89 bits per heavy atom. The summed E-state index contributed by atoms with van der Waals surface area (Å²) in [5.41, 5.74) is 0.974. The van der Waals surface area contributed by atoms with Gasteiger partial charge in [0.05, 0.1) is 30.1 Å². The molecule has 2 aromatic rings. The van der Waals surface area contributed by atoms with Gasteiger partial charge in [-0.25, -0.2) is 14.6 Å². The lowest BCUT2D eigenvalue weighted by Crippen LogP contribution is -2.63. The van der Waals surface area contributed by atoms with Crippen LogP contribution in [-0.4, -0.2) is 68.8 Å². The molecule has 2 aliphatic heterocycles. The van der Waals surface area contributed by atoms with Crippen molar-refractivity contribution in [3.05, 3.63) is 28.8 Å². The Balaban J connectivity index is 1.55. The first kappa shape index (κ1) is 26.4. The summed E-state index contributed by atoms with van der Waals surface area (Å²) in [4.78, 5) is 57.9. The van der Waals surface area contributed by atoms with E-state index < -0.39 is 36.5 Å². The van der Waals surface area contributed by atoms with E-state index in [9.17, 15) is 24.3 Å². The topological polar surface area (TPSA) is 137 Å². The number of imidazole rings is 1. The zero-order chi connectivity index (χ0) is 27.3. The van der Waals surface area contributed by atoms with Crippen LogP contribution < -0.4 is 0 Å². The van der Waals surface area contributed by atoms with Crippen LogP contribution >= 0.6 is 11.3 Å². The van der Waals surface area contributed by atoms with Crippen molar-refractivity contribution < 1.29 is 38.5 Å². The molecule has 1 saturated heterocycles. The Bertz CT molecular complexity index is 1320. The van der Waals surface area contributed by atoms with Gasteiger partial charge in [0, 0.05) is 30.5 Å². The first-order chi connectivity index (χ1) is 18.1. The van der Waals surface area contributed by atoms with Crippen molar-refractivity contribution in [2.45, 2.75) is 71.3 Å². The van der Waals surface area contributed by atoms with Gasteiger partial charge in [0.2, 0.25) is 5.91 Å². The molecular weight excluding hydrogens is 514 g/mol. The molecule has 0 radical (unpaired) electrons. The number of carbonyl (C=O) groups is 4. The lowest BCUT2D eigenvalue weighted by Gasteiger charge is -2.46. The number of carbonyl (C=O) groups excluding carboxylic acids is 4. The SMILES string of the molecule is COC(=O)OC(OC(=O)C1=C(c2cn3cnc(C(C)=O)c3s2)[C@H](C)[C@@H]2[C@@H]([C@@H](C)O)C(=O)N12)C1CCCCC1. The maximum atomic E-state index is 13.8. The number of ketones is 1. The number of esters is 1. The summed E-state index contributed by atoms with van der Waals surface area (Å²) in [7, 11) is 1.18. The maximum absolute atomic E-state index is 13.8. The lowest BCUT2D eigenvalue weighted by atomic mass is 9.77. The number of nitrogens with zero attached hydrogens (tertiary/aromatic N) is 3. The summed E-state index contributed by atoms with van der Waals surface area (Å²) >= 11 is 1.29. The number of β-lactam (4-membered cyclic amide) rings is 1. The van der Waals surface area contributed by atoms with E-state index in [2.05, 4.69) is 9.72 Å². The highest BCUT2D eigenvalue weighted by Crippen LogP contribution is 2.52. The number of hydrogen-bond donors (Lipinski definition) is 1. The summed E-state index contributed by atoms with van der Waals surface area (Å²) in [6.07, 6.45) is 4.65. The minimum Gasteiger partial charge on any atom is -0.438 e. The van der Waals surface area contributed by atoms with E-state index in [0.717, 1.165) is 32.1 Å². The quantitative estimate of drug-likeness (QED) is 0.240. The van der Waals surface area contributed by atoms with Crippen LogP contribution in [0.1, 0.15) is 68.2 Å². The summed E-state index contributed by atoms with van der Waals surface area (Å²) in [5, 5.41) is 10.3. The van der Waals surface area contributed by atoms with Crippen molar-refractivity contribution in [1.82, 2.24) is 14.3 Å². The van der Waals surface area contributed by atoms with Crippen LogP contribution in [0.4, 0.5) is 4.79 Å². The van der Waals surface area contributed by atoms with Gasteiger partial charge in [0.1, 0.15) is 22.5 Å². The van der Waals surface area contributed by atoms with Gasteiger partial charge in [-0.2, -0.15) is 0 Å². The lowest BCUT2D eigenvalue weighted by molar-refractivity contribution is -0.184. The van der Waals surface area contributed by atoms with Crippen LogP contribution in [0.3, 0.4) is 0 Å². The summed E-state index contributed by atoms with van der Waals surface area (Å²) < 4.78 is 17.6. The monoisotopic (exact) mass is 545 g/mol. The van der Waals surface area contributed by atoms with Gasteiger partial charge >= 0.3 is 12.1 Å². The third-order valence-corrected chi connectivity index (χ3v) is 8.96. The third-order valence-electron chi connectivity index (χ3n) is 7.81. The Labute approximate surface area is 223 Å². The smallest absolute Gasteiger partial charge is 0.438 e. The number of aliphatic hydroxyl groups excluding tert-OH is 1. The number of fused-ring (bicyclic) bond motifs is 2. The van der Waals surface area contributed by atoms with Crippen LogP contribution in [0.25, 0.3) is 10.4 Å². The Morgan fingerprint density at radius 1 is 1.18 bits per heavy atom. The van der Waals surface area contributed by atoms with Crippen molar-refractivity contribution >= 4 is 45.6 Å². The minimum absolute atomic E-state index is 0.0699. The zero-order valence-electron chi connectivity index (χ0n) is 21.7. The van der Waals surface area contributed by atoms with Crippen LogP contribution in [-0.2, 0) is 23.8 Å². The second kappa shape index (κ2) is 10.1. The van der Waals surface area contributed by atoms with E-state index in [0.29, 0.717) is 21.0 Å². The Kier molecular flexibility index (Phi) is 7.03. The fraction of sp³-hybridized carbons (Fsp3) is 0.577. The standard InChI is InChI=1S/C26H31N3O8S/c1-12-17(16-10-28-11-27-19(14(3)31)23(28)38-16)21(29-20(12)18(13(2)30)22(29)32)24(33)36-25(37-26(34)35-4)15-8-6-5-7-9-15/h10-13,15,18,20,25,30H,5-9H2,1-4H3/t12-,13+,18+,20+,25?/m0/s1. The normalized spacial score (nSPS) is 25.1. The van der Waals surface area contributed by atoms with Gasteiger partial charge in [-0.15, -0.1) is 11.3 Å². The summed E-state index contributed by atoms with van der Waals surface area (Å²) in [6, 6.07) is -0.429. The van der Waals surface area contributed by atoms with E-state index >= 15 is 0 Å². The zero-order valence-corrected chi connectivity index (χ0v) is 22.5. The van der Waals surface area contributed by atoms with Crippen molar-refractivity contribution in [2.24, 2.45) is 17.8 Å². The minimum atomic E-state index is -1.16. The van der Waals surface area contributed by atoms with Gasteiger partial charge in [-0.05, 0) is 19.8 Å². The summed E-state index contributed by atoms with van der Waals surface area (Å²) in [5.74, 6) is -2.48. The molecule has 5 atom stereocenters. The number of aromatic nitrogens is 2. The van der Waals surface area contributed by atoms with E-state index in [-0.39, 0.29) is 29.2 Å². The molecule has 4 heterocycles. The number of aliphatic hydroxyl groups is 1. The molecule has 12 heteroatoms. The molecule has 11 nitrogen and oxygen atoms in total. The van der Waals surface area contributed by atoms with E-state index in [1.165, 1.54) is 36.6 Å². The van der Waals surface area contributed by atoms with Crippen LogP contribution in [0.15, 0.2) is 18.2 Å². The number of thiazole rings is 1. The number of ether oxygens (including phenoxy) is 3. The molecule has 1 aliphatic carbocycles. The molecule has 2 fully saturated rings. The molecule has 5 rings (SSSR count).